The van der Waals surface area contributed by atoms with Crippen LogP contribution in [-0.2, 0) is 20.4 Å². The molecule has 6 heteroatoms. The molecule has 0 radical (unpaired) electrons. The van der Waals surface area contributed by atoms with E-state index in [0.717, 1.165) is 33.4 Å². The molecule has 0 aromatic heterocycles. The molecule has 0 aliphatic heterocycles. The minimum atomic E-state index is -3.71. The van der Waals surface area contributed by atoms with Crippen molar-refractivity contribution >= 4 is 21.6 Å². The van der Waals surface area contributed by atoms with E-state index in [0.29, 0.717) is 9.92 Å². The molecule has 2 aromatic carbocycles. The van der Waals surface area contributed by atoms with Crippen molar-refractivity contribution in [2.24, 2.45) is 0 Å². The molecule has 2 rings (SSSR count). The zero-order valence-electron chi connectivity index (χ0n) is 17.0. The van der Waals surface area contributed by atoms with Crippen molar-refractivity contribution in [2.75, 3.05) is 13.7 Å². The van der Waals surface area contributed by atoms with Crippen molar-refractivity contribution in [1.82, 2.24) is 4.72 Å². The lowest BCUT2D eigenvalue weighted by atomic mass is 9.95. The van der Waals surface area contributed by atoms with Gasteiger partial charge in [-0.15, -0.1) is 0 Å². The van der Waals surface area contributed by atoms with Crippen LogP contribution in [0.3, 0.4) is 0 Å². The van der Waals surface area contributed by atoms with E-state index >= 15 is 0 Å². The van der Waals surface area contributed by atoms with Gasteiger partial charge in [0, 0.05) is 18.7 Å². The number of rotatable bonds is 6. The first-order valence-corrected chi connectivity index (χ1v) is 10.7. The summed E-state index contributed by atoms with van der Waals surface area (Å²) in [5.41, 5.74) is 4.67. The van der Waals surface area contributed by atoms with Crippen LogP contribution in [0.25, 0.3) is 0 Å². The third-order valence-electron chi connectivity index (χ3n) is 5.69. The number of hydrogen-bond donors (Lipinski definition) is 1. The van der Waals surface area contributed by atoms with Crippen LogP contribution in [0.15, 0.2) is 29.2 Å². The fourth-order valence-corrected chi connectivity index (χ4v) is 5.20. The van der Waals surface area contributed by atoms with E-state index in [1.165, 1.54) is 0 Å². The van der Waals surface area contributed by atoms with Crippen molar-refractivity contribution in [3.8, 4) is 0 Å². The van der Waals surface area contributed by atoms with Gasteiger partial charge in [-0.1, -0.05) is 23.7 Å². The number of halogens is 1. The van der Waals surface area contributed by atoms with Gasteiger partial charge in [-0.2, -0.15) is 0 Å². The fraction of sp³-hybridized carbons (Fsp3) is 0.429. The topological polar surface area (TPSA) is 55.4 Å². The lowest BCUT2D eigenvalue weighted by Crippen LogP contribution is -2.40. The summed E-state index contributed by atoms with van der Waals surface area (Å²) in [6, 6.07) is 7.26. The molecule has 1 atom stereocenters. The van der Waals surface area contributed by atoms with E-state index in [1.807, 2.05) is 53.7 Å². The molecule has 0 heterocycles. The fourth-order valence-electron chi connectivity index (χ4n) is 3.28. The van der Waals surface area contributed by atoms with Gasteiger partial charge < -0.3 is 4.74 Å². The highest BCUT2D eigenvalue weighted by atomic mass is 35.5. The maximum Gasteiger partial charge on any atom is 0.241 e. The van der Waals surface area contributed by atoms with Crippen LogP contribution in [0.4, 0.5) is 0 Å². The third kappa shape index (κ3) is 4.21. The molecule has 0 bridgehead atoms. The van der Waals surface area contributed by atoms with Crippen LogP contribution in [0.2, 0.25) is 5.02 Å². The van der Waals surface area contributed by atoms with E-state index in [1.54, 1.807) is 19.2 Å². The molecular formula is C21H28ClNO3S. The van der Waals surface area contributed by atoms with Crippen molar-refractivity contribution < 1.29 is 13.2 Å². The van der Waals surface area contributed by atoms with E-state index in [-0.39, 0.29) is 6.54 Å². The van der Waals surface area contributed by atoms with Crippen LogP contribution in [0.5, 0.6) is 0 Å². The Bertz CT molecular complexity index is 941. The zero-order chi connectivity index (χ0) is 20.6. The first-order valence-electron chi connectivity index (χ1n) is 8.82. The minimum absolute atomic E-state index is 0.0943. The molecule has 0 spiro atoms. The molecule has 148 valence electrons. The van der Waals surface area contributed by atoms with Crippen molar-refractivity contribution in [3.05, 3.63) is 62.7 Å². The van der Waals surface area contributed by atoms with Gasteiger partial charge in [-0.3, -0.25) is 0 Å². The first kappa shape index (κ1) is 21.9. The predicted molar refractivity (Wildman–Crippen MR) is 111 cm³/mol. The van der Waals surface area contributed by atoms with Gasteiger partial charge in [-0.05, 0) is 87.1 Å². The average Bonchev–Trinajstić information content (AvgIpc) is 2.63. The number of nitrogens with one attached hydrogen (secondary N) is 1. The molecule has 0 amide bonds. The summed E-state index contributed by atoms with van der Waals surface area (Å²) in [6.07, 6.45) is 0. The first-order chi connectivity index (χ1) is 12.4. The van der Waals surface area contributed by atoms with Crippen LogP contribution in [0.1, 0.15) is 40.3 Å². The highest BCUT2D eigenvalue weighted by Gasteiger charge is 2.31. The van der Waals surface area contributed by atoms with Gasteiger partial charge in [0.05, 0.1) is 4.90 Å². The van der Waals surface area contributed by atoms with Gasteiger partial charge >= 0.3 is 0 Å². The highest BCUT2D eigenvalue weighted by Crippen LogP contribution is 2.31. The average molecular weight is 410 g/mol. The SMILES string of the molecule is COC(C)(CNS(=O)(=O)c1c(C)c(C)c(C)c(C)c1C)c1cccc(Cl)c1. The van der Waals surface area contributed by atoms with Crippen LogP contribution >= 0.6 is 11.6 Å². The number of hydrogen-bond acceptors (Lipinski definition) is 3. The van der Waals surface area contributed by atoms with Crippen LogP contribution in [-0.4, -0.2) is 22.1 Å². The van der Waals surface area contributed by atoms with E-state index in [4.69, 9.17) is 16.3 Å². The lowest BCUT2D eigenvalue weighted by molar-refractivity contribution is 0.00698. The Labute approximate surface area is 168 Å². The molecule has 27 heavy (non-hydrogen) atoms. The highest BCUT2D eigenvalue weighted by molar-refractivity contribution is 7.89. The molecule has 1 N–H and O–H groups in total. The summed E-state index contributed by atoms with van der Waals surface area (Å²) in [5, 5.41) is 0.579. The van der Waals surface area contributed by atoms with Gasteiger partial charge in [0.2, 0.25) is 10.0 Å². The number of sulfonamides is 1. The Morgan fingerprint density at radius 3 is 2.00 bits per heavy atom. The summed E-state index contributed by atoms with van der Waals surface area (Å²) in [5.74, 6) is 0. The van der Waals surface area contributed by atoms with Gasteiger partial charge in [0.25, 0.3) is 0 Å². The molecule has 0 aliphatic rings. The number of benzene rings is 2. The number of methoxy groups -OCH3 is 1. The normalized spacial score (nSPS) is 14.2. The quantitative estimate of drug-likeness (QED) is 0.750. The third-order valence-corrected chi connectivity index (χ3v) is 7.59. The second kappa shape index (κ2) is 7.92. The minimum Gasteiger partial charge on any atom is -0.372 e. The predicted octanol–water partition coefficient (Wildman–Crippen LogP) is 4.72. The molecule has 0 fully saturated rings. The molecular weight excluding hydrogens is 382 g/mol. The summed E-state index contributed by atoms with van der Waals surface area (Å²) >= 11 is 6.09. The molecule has 2 aromatic rings. The monoisotopic (exact) mass is 409 g/mol. The summed E-state index contributed by atoms with van der Waals surface area (Å²) < 4.78 is 34.7. The Balaban J connectivity index is 2.43. The van der Waals surface area contributed by atoms with Crippen LogP contribution < -0.4 is 4.72 Å². The zero-order valence-corrected chi connectivity index (χ0v) is 18.6. The Kier molecular flexibility index (Phi) is 6.42. The molecule has 4 nitrogen and oxygen atoms in total. The number of ether oxygens (including phenoxy) is 1. The van der Waals surface area contributed by atoms with Crippen LogP contribution in [0, 0.1) is 34.6 Å². The van der Waals surface area contributed by atoms with Crippen molar-refractivity contribution in [3.63, 3.8) is 0 Å². The van der Waals surface area contributed by atoms with E-state index < -0.39 is 15.6 Å². The molecule has 1 unspecified atom stereocenters. The second-order valence-electron chi connectivity index (χ2n) is 7.22. The largest absolute Gasteiger partial charge is 0.372 e. The maximum absolute atomic E-state index is 13.2. The molecule has 0 saturated carbocycles. The lowest BCUT2D eigenvalue weighted by Gasteiger charge is -2.29. The standard InChI is InChI=1S/C21H28ClNO3S/c1-13-14(2)16(4)20(17(5)15(13)3)27(24,25)23-12-21(6,26-7)18-9-8-10-19(22)11-18/h8-11,23H,12H2,1-7H3. The van der Waals surface area contributed by atoms with Gasteiger partial charge in [0.1, 0.15) is 5.60 Å². The Morgan fingerprint density at radius 2 is 1.52 bits per heavy atom. The summed E-state index contributed by atoms with van der Waals surface area (Å²) in [4.78, 5) is 0.354. The summed E-state index contributed by atoms with van der Waals surface area (Å²) in [7, 11) is -2.15. The summed E-state index contributed by atoms with van der Waals surface area (Å²) in [6.45, 7) is 11.6. The van der Waals surface area contributed by atoms with Gasteiger partial charge in [0.15, 0.2) is 0 Å². The Hall–Kier alpha value is -1.40. The molecule has 0 aliphatic carbocycles. The maximum atomic E-state index is 13.2. The smallest absolute Gasteiger partial charge is 0.241 e. The van der Waals surface area contributed by atoms with E-state index in [2.05, 4.69) is 4.72 Å². The second-order valence-corrected chi connectivity index (χ2v) is 9.36. The Morgan fingerprint density at radius 1 is 1.00 bits per heavy atom. The van der Waals surface area contributed by atoms with Gasteiger partial charge in [-0.25, -0.2) is 13.1 Å². The van der Waals surface area contributed by atoms with E-state index in [9.17, 15) is 8.42 Å². The van der Waals surface area contributed by atoms with Crippen molar-refractivity contribution in [1.29, 1.82) is 0 Å². The molecule has 0 saturated heterocycles. The van der Waals surface area contributed by atoms with Crippen molar-refractivity contribution in [2.45, 2.75) is 52.0 Å².